The van der Waals surface area contributed by atoms with E-state index in [-0.39, 0.29) is 11.6 Å². The molecule has 1 aromatic carbocycles. The predicted molar refractivity (Wildman–Crippen MR) is 120 cm³/mol. The highest BCUT2D eigenvalue weighted by atomic mass is 32.1. The molecule has 1 aliphatic heterocycles. The number of nitrogens with one attached hydrogen (secondary N) is 1. The van der Waals surface area contributed by atoms with Gasteiger partial charge in [-0.25, -0.2) is 19.3 Å². The van der Waals surface area contributed by atoms with E-state index in [0.29, 0.717) is 22.9 Å². The first kappa shape index (κ1) is 19.2. The van der Waals surface area contributed by atoms with Crippen LogP contribution >= 0.6 is 22.7 Å². The topological polar surface area (TPSA) is 87.7 Å². The molecule has 0 saturated heterocycles. The maximum Gasteiger partial charge on any atom is 0.266 e. The van der Waals surface area contributed by atoms with E-state index in [1.54, 1.807) is 22.6 Å². The van der Waals surface area contributed by atoms with Crippen LogP contribution in [0, 0.1) is 5.82 Å². The third-order valence-corrected chi connectivity index (χ3v) is 7.49. The number of amides is 1. The first-order chi connectivity index (χ1) is 15.7. The molecule has 0 saturated carbocycles. The van der Waals surface area contributed by atoms with Gasteiger partial charge in [0.05, 0.1) is 28.4 Å². The van der Waals surface area contributed by atoms with Gasteiger partial charge in [0.1, 0.15) is 26.6 Å². The van der Waals surface area contributed by atoms with Crippen LogP contribution in [-0.2, 0) is 6.42 Å². The molecule has 1 atom stereocenters. The summed E-state index contributed by atoms with van der Waals surface area (Å²) in [5.41, 5.74) is 2.86. The van der Waals surface area contributed by atoms with Crippen molar-refractivity contribution < 1.29 is 9.18 Å². The van der Waals surface area contributed by atoms with Gasteiger partial charge < -0.3 is 9.88 Å². The Morgan fingerprint density at radius 2 is 2.03 bits per heavy atom. The number of H-pyrrole nitrogens is 1. The summed E-state index contributed by atoms with van der Waals surface area (Å²) in [5, 5.41) is 1.19. The molecule has 0 fully saturated rings. The Labute approximate surface area is 189 Å². The fourth-order valence-electron chi connectivity index (χ4n) is 3.92. The lowest BCUT2D eigenvalue weighted by Gasteiger charge is -2.33. The second kappa shape index (κ2) is 7.57. The summed E-state index contributed by atoms with van der Waals surface area (Å²) in [6, 6.07) is 10.4. The zero-order chi connectivity index (χ0) is 21.7. The van der Waals surface area contributed by atoms with E-state index < -0.39 is 11.9 Å². The molecular formula is C22H15FN6OS2. The molecule has 0 radical (unpaired) electrons. The Balaban J connectivity index is 1.40. The lowest BCUT2D eigenvalue weighted by Crippen LogP contribution is -2.40. The molecule has 0 bridgehead atoms. The number of halogens is 1. The van der Waals surface area contributed by atoms with Crippen molar-refractivity contribution in [2.24, 2.45) is 0 Å². The van der Waals surface area contributed by atoms with Gasteiger partial charge in [0, 0.05) is 24.9 Å². The number of rotatable bonds is 3. The highest BCUT2D eigenvalue weighted by molar-refractivity contribution is 7.18. The number of carbonyl (C=O) groups excluding carboxylic acids is 1. The van der Waals surface area contributed by atoms with E-state index in [1.165, 1.54) is 24.5 Å². The van der Waals surface area contributed by atoms with Crippen molar-refractivity contribution in [1.82, 2.24) is 29.8 Å². The number of nitrogens with zero attached hydrogens (tertiary/aromatic N) is 5. The Kier molecular flexibility index (Phi) is 4.54. The molecule has 0 spiro atoms. The number of fused-ring (bicyclic) bond motifs is 2. The average molecular weight is 463 g/mol. The highest BCUT2D eigenvalue weighted by Gasteiger charge is 2.37. The van der Waals surface area contributed by atoms with E-state index in [1.807, 2.05) is 24.3 Å². The van der Waals surface area contributed by atoms with Gasteiger partial charge in [0.25, 0.3) is 5.91 Å². The van der Waals surface area contributed by atoms with Crippen molar-refractivity contribution in [3.05, 3.63) is 82.2 Å². The van der Waals surface area contributed by atoms with E-state index >= 15 is 0 Å². The summed E-state index contributed by atoms with van der Waals surface area (Å²) in [4.78, 5) is 36.6. The monoisotopic (exact) mass is 462 g/mol. The Hall–Kier alpha value is -3.50. The lowest BCUT2D eigenvalue weighted by atomic mass is 10.0. The van der Waals surface area contributed by atoms with Crippen LogP contribution in [-0.4, -0.2) is 42.3 Å². The summed E-state index contributed by atoms with van der Waals surface area (Å²) in [6.07, 6.45) is 5.33. The number of aromatic amines is 1. The zero-order valence-corrected chi connectivity index (χ0v) is 18.2. The van der Waals surface area contributed by atoms with Crippen molar-refractivity contribution in [3.8, 4) is 10.7 Å². The number of hydrogen-bond donors (Lipinski definition) is 1. The largest absolute Gasteiger partial charge is 0.348 e. The maximum absolute atomic E-state index is 14.1. The zero-order valence-electron chi connectivity index (χ0n) is 16.5. The smallest absolute Gasteiger partial charge is 0.266 e. The van der Waals surface area contributed by atoms with Crippen LogP contribution in [0.15, 0.2) is 55.1 Å². The normalized spacial score (nSPS) is 15.8. The summed E-state index contributed by atoms with van der Waals surface area (Å²) >= 11 is 2.70. The first-order valence-corrected chi connectivity index (χ1v) is 11.6. The van der Waals surface area contributed by atoms with Crippen molar-refractivity contribution >= 4 is 38.8 Å². The van der Waals surface area contributed by atoms with Crippen molar-refractivity contribution in [3.63, 3.8) is 0 Å². The standard InChI is InChI=1S/C22H15FN6OS2/c23-12-4-3-8-24-17(12)20-25-10-16(32-20)22(30)29-9-7-14-18(27-11-26-14)19(29)21-28-13-5-1-2-6-15(13)31-21/h1-6,8,10-11,19H,7,9H2,(H,26,27)/t19-/m0/s1. The molecule has 7 nitrogen and oxygen atoms in total. The summed E-state index contributed by atoms with van der Waals surface area (Å²) < 4.78 is 15.2. The van der Waals surface area contributed by atoms with E-state index in [9.17, 15) is 9.18 Å². The molecule has 1 amide bonds. The number of aromatic nitrogens is 5. The van der Waals surface area contributed by atoms with Crippen LogP contribution in [0.4, 0.5) is 4.39 Å². The molecule has 6 rings (SSSR count). The Morgan fingerprint density at radius 3 is 2.91 bits per heavy atom. The third-order valence-electron chi connectivity index (χ3n) is 5.41. The molecule has 10 heteroatoms. The molecule has 1 N–H and O–H groups in total. The molecule has 5 aromatic rings. The minimum Gasteiger partial charge on any atom is -0.348 e. The number of benzene rings is 1. The third kappa shape index (κ3) is 3.10. The Morgan fingerprint density at radius 1 is 1.12 bits per heavy atom. The van der Waals surface area contributed by atoms with Crippen molar-refractivity contribution in [2.75, 3.05) is 6.54 Å². The molecule has 32 heavy (non-hydrogen) atoms. The van der Waals surface area contributed by atoms with Crippen LogP contribution < -0.4 is 0 Å². The summed E-state index contributed by atoms with van der Waals surface area (Å²) in [7, 11) is 0. The quantitative estimate of drug-likeness (QED) is 0.428. The molecule has 1 aliphatic rings. The predicted octanol–water partition coefficient (Wildman–Crippen LogP) is 4.46. The first-order valence-electron chi connectivity index (χ1n) is 9.94. The molecule has 5 heterocycles. The van der Waals surface area contributed by atoms with Gasteiger partial charge in [-0.1, -0.05) is 12.1 Å². The van der Waals surface area contributed by atoms with Gasteiger partial charge in [-0.05, 0) is 24.3 Å². The molecule has 158 valence electrons. The highest BCUT2D eigenvalue weighted by Crippen LogP contribution is 2.39. The van der Waals surface area contributed by atoms with Crippen LogP contribution in [0.1, 0.15) is 32.1 Å². The van der Waals surface area contributed by atoms with Gasteiger partial charge in [-0.15, -0.1) is 22.7 Å². The number of para-hydroxylation sites is 1. The number of imidazole rings is 1. The van der Waals surface area contributed by atoms with E-state index in [4.69, 9.17) is 4.98 Å². The number of thiazole rings is 2. The van der Waals surface area contributed by atoms with Gasteiger partial charge in [0.15, 0.2) is 5.82 Å². The fraction of sp³-hybridized carbons (Fsp3) is 0.136. The van der Waals surface area contributed by atoms with Crippen LogP contribution in [0.2, 0.25) is 0 Å². The SMILES string of the molecule is O=C(c1cnc(-c2ncccc2F)s1)N1CCc2[nH]cnc2[C@H]1c1nc2ccccc2s1. The maximum atomic E-state index is 14.1. The van der Waals surface area contributed by atoms with Crippen LogP contribution in [0.5, 0.6) is 0 Å². The Bertz CT molecular complexity index is 1420. The van der Waals surface area contributed by atoms with Crippen LogP contribution in [0.3, 0.4) is 0 Å². The van der Waals surface area contributed by atoms with Gasteiger partial charge in [-0.3, -0.25) is 9.78 Å². The molecule has 4 aromatic heterocycles. The number of carbonyl (C=O) groups is 1. The van der Waals surface area contributed by atoms with Gasteiger partial charge in [0.2, 0.25) is 0 Å². The fourth-order valence-corrected chi connectivity index (χ4v) is 5.87. The average Bonchev–Trinajstić information content (AvgIpc) is 3.57. The summed E-state index contributed by atoms with van der Waals surface area (Å²) in [6.45, 7) is 0.514. The lowest BCUT2D eigenvalue weighted by molar-refractivity contribution is 0.0695. The van der Waals surface area contributed by atoms with Crippen LogP contribution in [0.25, 0.3) is 20.9 Å². The van der Waals surface area contributed by atoms with E-state index in [2.05, 4.69) is 19.9 Å². The van der Waals surface area contributed by atoms with E-state index in [0.717, 1.165) is 37.9 Å². The molecule has 0 unspecified atom stereocenters. The number of pyridine rings is 1. The van der Waals surface area contributed by atoms with Crippen molar-refractivity contribution in [2.45, 2.75) is 12.5 Å². The second-order valence-electron chi connectivity index (χ2n) is 7.30. The molecular weight excluding hydrogens is 447 g/mol. The van der Waals surface area contributed by atoms with Gasteiger partial charge >= 0.3 is 0 Å². The van der Waals surface area contributed by atoms with Crippen molar-refractivity contribution in [1.29, 1.82) is 0 Å². The summed E-state index contributed by atoms with van der Waals surface area (Å²) in [5.74, 6) is -0.643. The number of hydrogen-bond acceptors (Lipinski definition) is 7. The minimum absolute atomic E-state index is 0.146. The molecule has 0 aliphatic carbocycles. The minimum atomic E-state index is -0.465. The second-order valence-corrected chi connectivity index (χ2v) is 9.39. The van der Waals surface area contributed by atoms with Gasteiger partial charge in [-0.2, -0.15) is 0 Å².